The molecule has 7 heteroatoms. The third-order valence-electron chi connectivity index (χ3n) is 2.61. The van der Waals surface area contributed by atoms with E-state index in [2.05, 4.69) is 4.72 Å². The standard InChI is InChI=1S/C15H10Cl2N2O2S/c16-12-6-11(7-13(17)9-12)8-15(10-18)22(20,21)19-14-4-2-1-3-5-14/h1-9,19H/b15-8+. The van der Waals surface area contributed by atoms with Crippen molar-refractivity contribution in [2.24, 2.45) is 0 Å². The highest BCUT2D eigenvalue weighted by Crippen LogP contribution is 2.22. The largest absolute Gasteiger partial charge is 0.279 e. The summed E-state index contributed by atoms with van der Waals surface area (Å²) < 4.78 is 26.8. The summed E-state index contributed by atoms with van der Waals surface area (Å²) in [6, 6.07) is 14.5. The third kappa shape index (κ3) is 4.25. The molecule has 0 spiro atoms. The number of nitrogens with one attached hydrogen (secondary N) is 1. The molecule has 4 nitrogen and oxygen atoms in total. The van der Waals surface area contributed by atoms with Gasteiger partial charge in [0.1, 0.15) is 6.07 Å². The van der Waals surface area contributed by atoms with Crippen LogP contribution in [0.4, 0.5) is 5.69 Å². The molecule has 2 aromatic carbocycles. The van der Waals surface area contributed by atoms with Crippen molar-refractivity contribution in [2.75, 3.05) is 4.72 Å². The van der Waals surface area contributed by atoms with Gasteiger partial charge in [-0.3, -0.25) is 4.72 Å². The highest BCUT2D eigenvalue weighted by atomic mass is 35.5. The highest BCUT2D eigenvalue weighted by Gasteiger charge is 2.17. The smallest absolute Gasteiger partial charge is 0.272 e. The minimum Gasteiger partial charge on any atom is -0.279 e. The van der Waals surface area contributed by atoms with Crippen molar-refractivity contribution in [1.82, 2.24) is 0 Å². The first-order valence-electron chi connectivity index (χ1n) is 6.06. The molecule has 2 aromatic rings. The lowest BCUT2D eigenvalue weighted by atomic mass is 10.2. The summed E-state index contributed by atoms with van der Waals surface area (Å²) in [4.78, 5) is -0.435. The van der Waals surface area contributed by atoms with E-state index in [9.17, 15) is 8.42 Å². The molecule has 0 saturated heterocycles. The monoisotopic (exact) mass is 352 g/mol. The molecule has 0 aliphatic heterocycles. The molecule has 2 rings (SSSR count). The molecule has 1 N–H and O–H groups in total. The summed E-state index contributed by atoms with van der Waals surface area (Å²) in [5.74, 6) is 0. The molecule has 0 saturated carbocycles. The van der Waals surface area contributed by atoms with E-state index in [-0.39, 0.29) is 0 Å². The van der Waals surface area contributed by atoms with Crippen molar-refractivity contribution < 1.29 is 8.42 Å². The topological polar surface area (TPSA) is 70.0 Å². The highest BCUT2D eigenvalue weighted by molar-refractivity contribution is 7.96. The van der Waals surface area contributed by atoms with Crippen LogP contribution in [-0.4, -0.2) is 8.42 Å². The van der Waals surface area contributed by atoms with E-state index < -0.39 is 14.9 Å². The van der Waals surface area contributed by atoms with Crippen LogP contribution in [0.3, 0.4) is 0 Å². The number of halogens is 2. The van der Waals surface area contributed by atoms with Crippen molar-refractivity contribution >= 4 is 45.0 Å². The molecule has 112 valence electrons. The molecule has 0 unspecified atom stereocenters. The number of sulfonamides is 1. The first-order valence-corrected chi connectivity index (χ1v) is 8.30. The minimum absolute atomic E-state index is 0.351. The molecular weight excluding hydrogens is 343 g/mol. The summed E-state index contributed by atoms with van der Waals surface area (Å²) in [6.45, 7) is 0. The second-order valence-corrected chi connectivity index (χ2v) is 6.82. The number of allylic oxidation sites excluding steroid dienone is 1. The van der Waals surface area contributed by atoms with Gasteiger partial charge in [0.15, 0.2) is 4.91 Å². The summed E-state index contributed by atoms with van der Waals surface area (Å²) in [5.41, 5.74) is 0.792. The van der Waals surface area contributed by atoms with Crippen LogP contribution in [0.1, 0.15) is 5.56 Å². The molecule has 22 heavy (non-hydrogen) atoms. The fourth-order valence-electron chi connectivity index (χ4n) is 1.70. The molecule has 0 aliphatic rings. The van der Waals surface area contributed by atoms with Gasteiger partial charge in [0.2, 0.25) is 0 Å². The van der Waals surface area contributed by atoms with E-state index in [1.807, 2.05) is 0 Å². The van der Waals surface area contributed by atoms with Gasteiger partial charge in [-0.05, 0) is 42.0 Å². The summed E-state index contributed by atoms with van der Waals surface area (Å²) in [7, 11) is -3.99. The normalized spacial score (nSPS) is 11.8. The number of nitriles is 1. The number of nitrogens with zero attached hydrogens (tertiary/aromatic N) is 1. The summed E-state index contributed by atoms with van der Waals surface area (Å²) in [6.07, 6.45) is 1.21. The molecule has 0 aliphatic carbocycles. The summed E-state index contributed by atoms with van der Waals surface area (Å²) in [5, 5.41) is 9.84. The van der Waals surface area contributed by atoms with E-state index >= 15 is 0 Å². The SMILES string of the molecule is N#C/C(=C\c1cc(Cl)cc(Cl)c1)S(=O)(=O)Nc1ccccc1. The lowest BCUT2D eigenvalue weighted by molar-refractivity contribution is 0.608. The van der Waals surface area contributed by atoms with Crippen LogP contribution in [0, 0.1) is 11.3 Å². The molecular formula is C15H10Cl2N2O2S. The van der Waals surface area contributed by atoms with Crippen molar-refractivity contribution in [2.45, 2.75) is 0 Å². The first-order chi connectivity index (χ1) is 10.4. The number of hydrogen-bond acceptors (Lipinski definition) is 3. The Kier molecular flexibility index (Phi) is 5.09. The van der Waals surface area contributed by atoms with Crippen molar-refractivity contribution in [3.8, 4) is 6.07 Å². The number of para-hydroxylation sites is 1. The lowest BCUT2D eigenvalue weighted by Gasteiger charge is -2.07. The van der Waals surface area contributed by atoms with Crippen LogP contribution >= 0.6 is 23.2 Å². The first kappa shape index (κ1) is 16.4. The maximum absolute atomic E-state index is 12.2. The van der Waals surface area contributed by atoms with Crippen molar-refractivity contribution in [3.63, 3.8) is 0 Å². The van der Waals surface area contributed by atoms with Gasteiger partial charge in [0, 0.05) is 15.7 Å². The number of benzene rings is 2. The Morgan fingerprint density at radius 2 is 1.68 bits per heavy atom. The van der Waals surface area contributed by atoms with Gasteiger partial charge in [0.05, 0.1) is 0 Å². The fourth-order valence-corrected chi connectivity index (χ4v) is 3.21. The predicted octanol–water partition coefficient (Wildman–Crippen LogP) is 4.30. The average Bonchev–Trinajstić information content (AvgIpc) is 2.44. The Morgan fingerprint density at radius 3 is 2.23 bits per heavy atom. The quantitative estimate of drug-likeness (QED) is 0.833. The average molecular weight is 353 g/mol. The van der Waals surface area contributed by atoms with Gasteiger partial charge in [0.25, 0.3) is 10.0 Å². The molecule has 0 heterocycles. The van der Waals surface area contributed by atoms with Crippen LogP contribution in [0.15, 0.2) is 53.4 Å². The zero-order valence-corrected chi connectivity index (χ0v) is 13.5. The third-order valence-corrected chi connectivity index (χ3v) is 4.34. The zero-order chi connectivity index (χ0) is 16.2. The van der Waals surface area contributed by atoms with Gasteiger partial charge in [-0.1, -0.05) is 41.4 Å². The van der Waals surface area contributed by atoms with Crippen molar-refractivity contribution in [3.05, 3.63) is 69.0 Å². The second-order valence-electron chi connectivity index (χ2n) is 4.29. The molecule has 0 fully saturated rings. The van der Waals surface area contributed by atoms with Crippen molar-refractivity contribution in [1.29, 1.82) is 5.26 Å². The van der Waals surface area contributed by atoms with Crippen LogP contribution in [-0.2, 0) is 10.0 Å². The van der Waals surface area contributed by atoms with Gasteiger partial charge < -0.3 is 0 Å². The predicted molar refractivity (Wildman–Crippen MR) is 89.0 cm³/mol. The van der Waals surface area contributed by atoms with Crippen LogP contribution in [0.2, 0.25) is 10.0 Å². The van der Waals surface area contributed by atoms with Gasteiger partial charge in [-0.2, -0.15) is 5.26 Å². The zero-order valence-electron chi connectivity index (χ0n) is 11.1. The Balaban J connectivity index is 2.38. The van der Waals surface area contributed by atoms with E-state index in [0.29, 0.717) is 21.3 Å². The molecule has 0 aromatic heterocycles. The maximum atomic E-state index is 12.2. The van der Waals surface area contributed by atoms with Crippen LogP contribution < -0.4 is 4.72 Å². The second kappa shape index (κ2) is 6.84. The Morgan fingerprint density at radius 1 is 1.09 bits per heavy atom. The van der Waals surface area contributed by atoms with Gasteiger partial charge in [-0.15, -0.1) is 0 Å². The summed E-state index contributed by atoms with van der Waals surface area (Å²) >= 11 is 11.7. The van der Waals surface area contributed by atoms with E-state index in [1.54, 1.807) is 36.4 Å². The Hall–Kier alpha value is -2.00. The van der Waals surface area contributed by atoms with Crippen LogP contribution in [0.25, 0.3) is 6.08 Å². The lowest BCUT2D eigenvalue weighted by Crippen LogP contribution is -2.14. The van der Waals surface area contributed by atoms with E-state index in [0.717, 1.165) is 0 Å². The van der Waals surface area contributed by atoms with E-state index in [1.165, 1.54) is 24.3 Å². The molecule has 0 bridgehead atoms. The van der Waals surface area contributed by atoms with Gasteiger partial charge >= 0.3 is 0 Å². The van der Waals surface area contributed by atoms with Gasteiger partial charge in [-0.25, -0.2) is 8.42 Å². The fraction of sp³-hybridized carbons (Fsp3) is 0. The minimum atomic E-state index is -3.99. The molecule has 0 amide bonds. The Labute approximate surface area is 138 Å². The molecule has 0 atom stereocenters. The molecule has 0 radical (unpaired) electrons. The number of anilines is 1. The maximum Gasteiger partial charge on any atom is 0.272 e. The van der Waals surface area contributed by atoms with E-state index in [4.69, 9.17) is 28.5 Å². The van der Waals surface area contributed by atoms with Crippen LogP contribution in [0.5, 0.6) is 0 Å². The Bertz CT molecular complexity index is 837. The number of rotatable bonds is 4. The number of hydrogen-bond donors (Lipinski definition) is 1.